The number of aromatic nitrogens is 1. The molecule has 0 aliphatic rings. The molecule has 2 aromatic carbocycles. The number of methoxy groups -OCH3 is 2. The first-order chi connectivity index (χ1) is 13.0. The summed E-state index contributed by atoms with van der Waals surface area (Å²) in [5.41, 5.74) is 3.54. The van der Waals surface area contributed by atoms with E-state index in [1.807, 2.05) is 5.38 Å². The first-order valence-corrected chi connectivity index (χ1v) is 9.49. The maximum atomic E-state index is 12.6. The number of carbonyl (C=O) groups is 1. The monoisotopic (exact) mass is 382 g/mol. The number of amides is 1. The lowest BCUT2D eigenvalue weighted by molar-refractivity contribution is 0.102. The van der Waals surface area contributed by atoms with Crippen LogP contribution in [0.4, 0.5) is 5.13 Å². The number of carbonyl (C=O) groups excluding carboxylic acids is 1. The first kappa shape index (κ1) is 18.9. The van der Waals surface area contributed by atoms with Gasteiger partial charge in [-0.2, -0.15) is 0 Å². The summed E-state index contributed by atoms with van der Waals surface area (Å²) in [4.78, 5) is 17.2. The second-order valence-electron chi connectivity index (χ2n) is 6.33. The van der Waals surface area contributed by atoms with Crippen molar-refractivity contribution in [3.05, 3.63) is 59.0 Å². The number of ether oxygens (including phenoxy) is 2. The van der Waals surface area contributed by atoms with Gasteiger partial charge in [-0.1, -0.05) is 38.1 Å². The van der Waals surface area contributed by atoms with Gasteiger partial charge in [0, 0.05) is 10.9 Å². The number of hydrogen-bond acceptors (Lipinski definition) is 5. The normalized spacial score (nSPS) is 10.7. The van der Waals surface area contributed by atoms with Gasteiger partial charge in [0.1, 0.15) is 11.5 Å². The Labute approximate surface area is 163 Å². The third kappa shape index (κ3) is 4.28. The van der Waals surface area contributed by atoms with Crippen LogP contribution in [0.1, 0.15) is 35.7 Å². The lowest BCUT2D eigenvalue weighted by atomic mass is 10.0. The molecule has 0 aliphatic carbocycles. The lowest BCUT2D eigenvalue weighted by Crippen LogP contribution is -2.13. The molecular weight excluding hydrogens is 360 g/mol. The van der Waals surface area contributed by atoms with E-state index in [9.17, 15) is 4.79 Å². The van der Waals surface area contributed by atoms with Gasteiger partial charge in [-0.3, -0.25) is 10.1 Å². The van der Waals surface area contributed by atoms with Gasteiger partial charge >= 0.3 is 0 Å². The Morgan fingerprint density at radius 1 is 1.07 bits per heavy atom. The Bertz CT molecular complexity index is 933. The van der Waals surface area contributed by atoms with Crippen molar-refractivity contribution in [3.8, 4) is 22.8 Å². The van der Waals surface area contributed by atoms with Crippen LogP contribution in [0.15, 0.2) is 47.8 Å². The first-order valence-electron chi connectivity index (χ1n) is 8.61. The highest BCUT2D eigenvalue weighted by Gasteiger charge is 2.16. The van der Waals surface area contributed by atoms with Crippen molar-refractivity contribution < 1.29 is 14.3 Å². The average Bonchev–Trinajstić information content (AvgIpc) is 3.15. The van der Waals surface area contributed by atoms with Crippen LogP contribution < -0.4 is 14.8 Å². The highest BCUT2D eigenvalue weighted by atomic mass is 32.1. The van der Waals surface area contributed by atoms with E-state index in [0.717, 1.165) is 11.3 Å². The van der Waals surface area contributed by atoms with E-state index in [-0.39, 0.29) is 5.91 Å². The number of anilines is 1. The van der Waals surface area contributed by atoms with Crippen LogP contribution in [0.25, 0.3) is 11.3 Å². The highest BCUT2D eigenvalue weighted by Crippen LogP contribution is 2.28. The minimum absolute atomic E-state index is 0.290. The highest BCUT2D eigenvalue weighted by molar-refractivity contribution is 7.14. The van der Waals surface area contributed by atoms with E-state index < -0.39 is 0 Å². The maximum Gasteiger partial charge on any atom is 0.261 e. The predicted molar refractivity (Wildman–Crippen MR) is 109 cm³/mol. The van der Waals surface area contributed by atoms with Crippen LogP contribution in [0.2, 0.25) is 0 Å². The van der Waals surface area contributed by atoms with E-state index in [2.05, 4.69) is 48.4 Å². The summed E-state index contributed by atoms with van der Waals surface area (Å²) < 4.78 is 10.5. The van der Waals surface area contributed by atoms with Crippen molar-refractivity contribution in [1.82, 2.24) is 4.98 Å². The van der Waals surface area contributed by atoms with Crippen molar-refractivity contribution in [1.29, 1.82) is 0 Å². The molecular formula is C21H22N2O3S. The molecule has 0 aliphatic heterocycles. The van der Waals surface area contributed by atoms with Crippen LogP contribution in [0, 0.1) is 0 Å². The summed E-state index contributed by atoms with van der Waals surface area (Å²) in [5, 5.41) is 5.31. The zero-order valence-electron chi connectivity index (χ0n) is 15.8. The summed E-state index contributed by atoms with van der Waals surface area (Å²) in [7, 11) is 3.09. The zero-order valence-corrected chi connectivity index (χ0v) is 16.6. The van der Waals surface area contributed by atoms with Gasteiger partial charge in [0.15, 0.2) is 5.13 Å². The minimum atomic E-state index is -0.290. The molecule has 140 valence electrons. The topological polar surface area (TPSA) is 60.5 Å². The zero-order chi connectivity index (χ0) is 19.4. The van der Waals surface area contributed by atoms with Gasteiger partial charge in [0.05, 0.1) is 25.5 Å². The largest absolute Gasteiger partial charge is 0.497 e. The van der Waals surface area contributed by atoms with E-state index in [1.165, 1.54) is 24.0 Å². The molecule has 0 unspecified atom stereocenters. The van der Waals surface area contributed by atoms with Crippen LogP contribution >= 0.6 is 11.3 Å². The van der Waals surface area contributed by atoms with E-state index >= 15 is 0 Å². The molecule has 1 amide bonds. The van der Waals surface area contributed by atoms with Gasteiger partial charge < -0.3 is 9.47 Å². The second-order valence-corrected chi connectivity index (χ2v) is 7.19. The smallest absolute Gasteiger partial charge is 0.261 e. The summed E-state index contributed by atoms with van der Waals surface area (Å²) in [6, 6.07) is 13.4. The van der Waals surface area contributed by atoms with Crippen molar-refractivity contribution in [2.45, 2.75) is 19.8 Å². The molecule has 3 aromatic rings. The minimum Gasteiger partial charge on any atom is -0.497 e. The predicted octanol–water partition coefficient (Wildman–Crippen LogP) is 5.20. The van der Waals surface area contributed by atoms with Gasteiger partial charge in [-0.15, -0.1) is 11.3 Å². The summed E-state index contributed by atoms with van der Waals surface area (Å²) in [5.74, 6) is 1.27. The Balaban J connectivity index is 1.78. The van der Waals surface area contributed by atoms with Gasteiger partial charge in [0.2, 0.25) is 0 Å². The number of nitrogens with zero attached hydrogens (tertiary/aromatic N) is 1. The quantitative estimate of drug-likeness (QED) is 0.636. The third-order valence-corrected chi connectivity index (χ3v) is 5.01. The second kappa shape index (κ2) is 8.22. The Kier molecular flexibility index (Phi) is 5.76. The van der Waals surface area contributed by atoms with Crippen molar-refractivity contribution in [2.24, 2.45) is 0 Å². The van der Waals surface area contributed by atoms with Crippen LogP contribution in [0.5, 0.6) is 11.5 Å². The SMILES string of the molecule is COc1ccc(OC)c(C(=O)Nc2nc(-c3ccc(C(C)C)cc3)cs2)c1. The molecule has 1 aromatic heterocycles. The Hall–Kier alpha value is -2.86. The van der Waals surface area contributed by atoms with E-state index in [4.69, 9.17) is 9.47 Å². The van der Waals surface area contributed by atoms with Crippen LogP contribution in [0.3, 0.4) is 0 Å². The Morgan fingerprint density at radius 3 is 2.44 bits per heavy atom. The molecule has 1 N–H and O–H groups in total. The summed E-state index contributed by atoms with van der Waals surface area (Å²) >= 11 is 1.39. The lowest BCUT2D eigenvalue weighted by Gasteiger charge is -2.09. The third-order valence-electron chi connectivity index (χ3n) is 4.25. The van der Waals surface area contributed by atoms with Crippen molar-refractivity contribution >= 4 is 22.4 Å². The van der Waals surface area contributed by atoms with Crippen LogP contribution in [-0.4, -0.2) is 25.1 Å². The van der Waals surface area contributed by atoms with E-state index in [0.29, 0.717) is 28.1 Å². The maximum absolute atomic E-state index is 12.6. The molecule has 0 radical (unpaired) electrons. The molecule has 1 heterocycles. The number of nitrogens with one attached hydrogen (secondary N) is 1. The number of benzene rings is 2. The van der Waals surface area contributed by atoms with Crippen molar-refractivity contribution in [2.75, 3.05) is 19.5 Å². The van der Waals surface area contributed by atoms with Gasteiger partial charge in [-0.05, 0) is 29.7 Å². The molecule has 0 fully saturated rings. The van der Waals surface area contributed by atoms with Gasteiger partial charge in [-0.25, -0.2) is 4.98 Å². The molecule has 0 atom stereocenters. The van der Waals surface area contributed by atoms with Crippen LogP contribution in [-0.2, 0) is 0 Å². The number of thiazole rings is 1. The van der Waals surface area contributed by atoms with Gasteiger partial charge in [0.25, 0.3) is 5.91 Å². The molecule has 27 heavy (non-hydrogen) atoms. The molecule has 6 heteroatoms. The summed E-state index contributed by atoms with van der Waals surface area (Å²) in [6.45, 7) is 4.33. The van der Waals surface area contributed by atoms with Crippen molar-refractivity contribution in [3.63, 3.8) is 0 Å². The fourth-order valence-corrected chi connectivity index (χ4v) is 3.37. The van der Waals surface area contributed by atoms with E-state index in [1.54, 1.807) is 25.3 Å². The molecule has 0 bridgehead atoms. The fraction of sp³-hybridized carbons (Fsp3) is 0.238. The fourth-order valence-electron chi connectivity index (χ4n) is 2.66. The number of hydrogen-bond donors (Lipinski definition) is 1. The standard InChI is InChI=1S/C21H22N2O3S/c1-13(2)14-5-7-15(8-6-14)18-12-27-21(22-18)23-20(24)17-11-16(25-3)9-10-19(17)26-4/h5-13H,1-4H3,(H,22,23,24). The molecule has 0 spiro atoms. The molecule has 3 rings (SSSR count). The average molecular weight is 382 g/mol. The summed E-state index contributed by atoms with van der Waals surface area (Å²) in [6.07, 6.45) is 0. The number of rotatable bonds is 6. The molecule has 5 nitrogen and oxygen atoms in total. The molecule has 0 saturated heterocycles. The molecule has 0 saturated carbocycles. The Morgan fingerprint density at radius 2 is 1.81 bits per heavy atom.